The van der Waals surface area contributed by atoms with Gasteiger partial charge in [-0.1, -0.05) is 29.3 Å². The van der Waals surface area contributed by atoms with Gasteiger partial charge in [0, 0.05) is 6.20 Å². The van der Waals surface area contributed by atoms with Crippen LogP contribution < -0.4 is 4.72 Å². The van der Waals surface area contributed by atoms with E-state index in [0.29, 0.717) is 0 Å². The Bertz CT molecular complexity index is 724. The number of nitrogens with one attached hydrogen (secondary N) is 1. The van der Waals surface area contributed by atoms with Crippen LogP contribution in [-0.4, -0.2) is 18.4 Å². The second-order valence-electron chi connectivity index (χ2n) is 3.36. The first-order chi connectivity index (χ1) is 8.90. The third-order valence-corrected chi connectivity index (χ3v) is 3.90. The van der Waals surface area contributed by atoms with Gasteiger partial charge >= 0.3 is 0 Å². The zero-order valence-electron chi connectivity index (χ0n) is 9.14. The molecule has 0 amide bonds. The summed E-state index contributed by atoms with van der Waals surface area (Å²) >= 11 is 11.1. The first kappa shape index (κ1) is 14.0. The van der Waals surface area contributed by atoms with Crippen molar-refractivity contribution < 1.29 is 12.8 Å². The molecule has 0 radical (unpaired) electrons. The van der Waals surface area contributed by atoms with Crippen LogP contribution in [0.4, 0.5) is 10.3 Å². The van der Waals surface area contributed by atoms with Crippen LogP contribution >= 0.6 is 23.2 Å². The van der Waals surface area contributed by atoms with Crippen LogP contribution in [0.1, 0.15) is 0 Å². The van der Waals surface area contributed by atoms with Crippen molar-refractivity contribution in [2.24, 2.45) is 0 Å². The average molecular weight is 322 g/mol. The Labute approximate surface area is 118 Å². The molecule has 5 nitrogen and oxygen atoms in total. The molecule has 0 aliphatic rings. The lowest BCUT2D eigenvalue weighted by molar-refractivity contribution is 0.570. The summed E-state index contributed by atoms with van der Waals surface area (Å²) in [6.07, 6.45) is 1.27. The number of sulfonamides is 1. The molecular formula is C10H6Cl2FN3O2S. The molecule has 2 rings (SSSR count). The smallest absolute Gasteiger partial charge is 0.247 e. The van der Waals surface area contributed by atoms with Crippen molar-refractivity contribution in [1.29, 1.82) is 0 Å². The molecule has 1 aromatic carbocycles. The lowest BCUT2D eigenvalue weighted by atomic mass is 10.3. The van der Waals surface area contributed by atoms with Gasteiger partial charge in [0.05, 0.1) is 5.02 Å². The van der Waals surface area contributed by atoms with Gasteiger partial charge in [0.25, 0.3) is 10.0 Å². The third kappa shape index (κ3) is 3.12. The van der Waals surface area contributed by atoms with Crippen molar-refractivity contribution >= 4 is 39.2 Å². The molecule has 100 valence electrons. The number of nitrogens with zero attached hydrogens (tertiary/aromatic N) is 2. The molecule has 0 aliphatic carbocycles. The summed E-state index contributed by atoms with van der Waals surface area (Å²) in [4.78, 5) is 6.71. The van der Waals surface area contributed by atoms with E-state index in [9.17, 15) is 12.8 Å². The van der Waals surface area contributed by atoms with E-state index in [4.69, 9.17) is 23.2 Å². The molecule has 0 bridgehead atoms. The van der Waals surface area contributed by atoms with Gasteiger partial charge in [-0.05, 0) is 18.2 Å². The highest BCUT2D eigenvalue weighted by Gasteiger charge is 2.21. The van der Waals surface area contributed by atoms with Crippen molar-refractivity contribution in [2.45, 2.75) is 4.90 Å². The zero-order chi connectivity index (χ0) is 14.0. The van der Waals surface area contributed by atoms with Crippen LogP contribution in [0, 0.1) is 5.82 Å². The van der Waals surface area contributed by atoms with E-state index in [-0.39, 0.29) is 16.1 Å². The maximum Gasteiger partial charge on any atom is 0.267 e. The van der Waals surface area contributed by atoms with Gasteiger partial charge in [0.1, 0.15) is 10.0 Å². The monoisotopic (exact) mass is 321 g/mol. The van der Waals surface area contributed by atoms with Gasteiger partial charge in [-0.2, -0.15) is 0 Å². The van der Waals surface area contributed by atoms with Gasteiger partial charge < -0.3 is 0 Å². The van der Waals surface area contributed by atoms with Crippen LogP contribution in [0.3, 0.4) is 0 Å². The van der Waals surface area contributed by atoms with Gasteiger partial charge in [-0.3, -0.25) is 0 Å². The Morgan fingerprint density at radius 2 is 1.95 bits per heavy atom. The van der Waals surface area contributed by atoms with Crippen molar-refractivity contribution in [3.63, 3.8) is 0 Å². The van der Waals surface area contributed by atoms with E-state index in [1.807, 2.05) is 4.72 Å². The SMILES string of the molecule is O=S(=O)(Nc1nccc(Cl)n1)c1cccc(Cl)c1F. The quantitative estimate of drug-likeness (QED) is 0.882. The van der Waals surface area contributed by atoms with E-state index in [2.05, 4.69) is 9.97 Å². The van der Waals surface area contributed by atoms with Gasteiger partial charge in [-0.15, -0.1) is 0 Å². The first-order valence-electron chi connectivity index (χ1n) is 4.85. The van der Waals surface area contributed by atoms with Crippen LogP contribution in [0.2, 0.25) is 10.2 Å². The zero-order valence-corrected chi connectivity index (χ0v) is 11.5. The molecule has 2 aromatic rings. The predicted molar refractivity (Wildman–Crippen MR) is 69.3 cm³/mol. The number of aromatic nitrogens is 2. The van der Waals surface area contributed by atoms with Crippen LogP contribution in [0.5, 0.6) is 0 Å². The molecular weight excluding hydrogens is 316 g/mol. The summed E-state index contributed by atoms with van der Waals surface area (Å²) in [5.41, 5.74) is 0. The van der Waals surface area contributed by atoms with E-state index in [0.717, 1.165) is 6.07 Å². The van der Waals surface area contributed by atoms with E-state index in [1.165, 1.54) is 24.4 Å². The summed E-state index contributed by atoms with van der Waals surface area (Å²) in [6.45, 7) is 0. The van der Waals surface area contributed by atoms with Crippen LogP contribution in [0.15, 0.2) is 35.4 Å². The van der Waals surface area contributed by atoms with E-state index < -0.39 is 20.7 Å². The average Bonchev–Trinajstić information content (AvgIpc) is 2.32. The molecule has 9 heteroatoms. The van der Waals surface area contributed by atoms with Crippen LogP contribution in [-0.2, 0) is 10.0 Å². The molecule has 1 aromatic heterocycles. The topological polar surface area (TPSA) is 72.0 Å². The van der Waals surface area contributed by atoms with Crippen molar-refractivity contribution in [1.82, 2.24) is 9.97 Å². The maximum atomic E-state index is 13.7. The molecule has 0 atom stereocenters. The Morgan fingerprint density at radius 3 is 2.63 bits per heavy atom. The molecule has 19 heavy (non-hydrogen) atoms. The minimum Gasteiger partial charge on any atom is -0.247 e. The Morgan fingerprint density at radius 1 is 1.21 bits per heavy atom. The predicted octanol–water partition coefficient (Wildman–Crippen LogP) is 2.72. The molecule has 0 spiro atoms. The molecule has 0 unspecified atom stereocenters. The number of hydrogen-bond acceptors (Lipinski definition) is 4. The van der Waals surface area contributed by atoms with E-state index >= 15 is 0 Å². The fraction of sp³-hybridized carbons (Fsp3) is 0. The highest BCUT2D eigenvalue weighted by Crippen LogP contribution is 2.23. The fourth-order valence-corrected chi connectivity index (χ4v) is 2.67. The Kier molecular flexibility index (Phi) is 3.88. The maximum absolute atomic E-state index is 13.7. The summed E-state index contributed by atoms with van der Waals surface area (Å²) in [5.74, 6) is -1.30. The summed E-state index contributed by atoms with van der Waals surface area (Å²) in [6, 6.07) is 5.01. The third-order valence-electron chi connectivity index (χ3n) is 2.05. The number of anilines is 1. The van der Waals surface area contributed by atoms with E-state index in [1.54, 1.807) is 0 Å². The molecule has 1 heterocycles. The highest BCUT2D eigenvalue weighted by molar-refractivity contribution is 7.92. The van der Waals surface area contributed by atoms with Gasteiger partial charge in [-0.25, -0.2) is 27.5 Å². The second kappa shape index (κ2) is 5.28. The number of halogens is 3. The summed E-state index contributed by atoms with van der Waals surface area (Å²) in [7, 11) is -4.18. The minimum atomic E-state index is -4.18. The van der Waals surface area contributed by atoms with Gasteiger partial charge in [0.15, 0.2) is 5.82 Å². The molecule has 1 N–H and O–H groups in total. The fourth-order valence-electron chi connectivity index (χ4n) is 1.25. The van der Waals surface area contributed by atoms with Crippen molar-refractivity contribution in [2.75, 3.05) is 4.72 Å². The summed E-state index contributed by atoms with van der Waals surface area (Å²) < 4.78 is 39.6. The molecule has 0 saturated heterocycles. The highest BCUT2D eigenvalue weighted by atomic mass is 35.5. The summed E-state index contributed by atoms with van der Waals surface area (Å²) in [5, 5.41) is -0.242. The molecule has 0 saturated carbocycles. The first-order valence-corrected chi connectivity index (χ1v) is 7.09. The number of rotatable bonds is 3. The van der Waals surface area contributed by atoms with Crippen LogP contribution in [0.25, 0.3) is 0 Å². The number of benzene rings is 1. The van der Waals surface area contributed by atoms with Crippen molar-refractivity contribution in [3.05, 3.63) is 46.5 Å². The van der Waals surface area contributed by atoms with Gasteiger partial charge in [0.2, 0.25) is 5.95 Å². The lowest BCUT2D eigenvalue weighted by Crippen LogP contribution is -2.16. The standard InChI is InChI=1S/C10H6Cl2FN3O2S/c11-6-2-1-3-7(9(6)13)19(17,18)16-10-14-5-4-8(12)15-10/h1-5H,(H,14,15,16). The second-order valence-corrected chi connectivity index (χ2v) is 5.81. The largest absolute Gasteiger partial charge is 0.267 e. The number of hydrogen-bond donors (Lipinski definition) is 1. The molecule has 0 aliphatic heterocycles. The molecule has 0 fully saturated rings. The normalized spacial score (nSPS) is 11.3. The Balaban J connectivity index is 2.41. The lowest BCUT2D eigenvalue weighted by Gasteiger charge is -2.07. The van der Waals surface area contributed by atoms with Crippen molar-refractivity contribution in [3.8, 4) is 0 Å². The Hall–Kier alpha value is -1.44. The minimum absolute atomic E-state index is 0.0549.